The summed E-state index contributed by atoms with van der Waals surface area (Å²) in [5, 5.41) is 3.80. The van der Waals surface area contributed by atoms with E-state index in [0.29, 0.717) is 22.6 Å². The van der Waals surface area contributed by atoms with E-state index in [-0.39, 0.29) is 24.2 Å². The van der Waals surface area contributed by atoms with E-state index >= 15 is 0 Å². The van der Waals surface area contributed by atoms with Crippen molar-refractivity contribution in [3.8, 4) is 11.5 Å². The summed E-state index contributed by atoms with van der Waals surface area (Å²) in [6, 6.07) is 5.69. The zero-order valence-corrected chi connectivity index (χ0v) is 16.3. The van der Waals surface area contributed by atoms with E-state index < -0.39 is 0 Å². The maximum absolute atomic E-state index is 12.6. The number of aromatic nitrogens is 3. The maximum atomic E-state index is 12.6. The molecule has 2 N–H and O–H groups in total. The van der Waals surface area contributed by atoms with Crippen LogP contribution in [0.15, 0.2) is 29.3 Å². The number of hydrogen-bond acceptors (Lipinski definition) is 8. The number of anilines is 1. The van der Waals surface area contributed by atoms with Crippen LogP contribution in [0.1, 0.15) is 18.4 Å². The molecule has 2 aromatic heterocycles. The average molecular weight is 413 g/mol. The van der Waals surface area contributed by atoms with Gasteiger partial charge in [0.2, 0.25) is 12.7 Å². The number of carbonyl (C=O) groups is 1. The Morgan fingerprint density at radius 3 is 2.93 bits per heavy atom. The van der Waals surface area contributed by atoms with E-state index in [4.69, 9.17) is 9.47 Å². The molecule has 1 saturated heterocycles. The van der Waals surface area contributed by atoms with E-state index in [2.05, 4.69) is 25.2 Å². The van der Waals surface area contributed by atoms with Crippen molar-refractivity contribution >= 4 is 32.7 Å². The van der Waals surface area contributed by atoms with Crippen LogP contribution in [-0.2, 0) is 11.3 Å². The highest BCUT2D eigenvalue weighted by Crippen LogP contribution is 2.32. The molecule has 29 heavy (non-hydrogen) atoms. The minimum absolute atomic E-state index is 0.0313. The predicted octanol–water partition coefficient (Wildman–Crippen LogP) is 1.64. The number of nitrogens with zero attached hydrogens (tertiary/aromatic N) is 3. The largest absolute Gasteiger partial charge is 0.454 e. The molecular formula is C19H19N5O4S. The first kappa shape index (κ1) is 17.9. The maximum Gasteiger partial charge on any atom is 0.270 e. The molecule has 3 aromatic rings. The minimum atomic E-state index is -0.170. The first-order valence-electron chi connectivity index (χ1n) is 9.43. The fourth-order valence-corrected chi connectivity index (χ4v) is 4.57. The van der Waals surface area contributed by atoms with E-state index in [9.17, 15) is 9.59 Å². The van der Waals surface area contributed by atoms with Crippen molar-refractivity contribution in [3.63, 3.8) is 0 Å². The monoisotopic (exact) mass is 413 g/mol. The number of amides is 1. The second kappa shape index (κ2) is 7.36. The summed E-state index contributed by atoms with van der Waals surface area (Å²) in [4.78, 5) is 37.7. The molecule has 2 aliphatic rings. The third-order valence-corrected chi connectivity index (χ3v) is 6.33. The van der Waals surface area contributed by atoms with Gasteiger partial charge in [0.25, 0.3) is 5.56 Å². The zero-order valence-electron chi connectivity index (χ0n) is 15.5. The topological polar surface area (TPSA) is 109 Å². The van der Waals surface area contributed by atoms with Crippen LogP contribution in [0, 0.1) is 5.92 Å². The Bertz CT molecular complexity index is 1120. The Kier molecular flexibility index (Phi) is 4.55. The molecule has 0 spiro atoms. The molecule has 0 atom stereocenters. The summed E-state index contributed by atoms with van der Waals surface area (Å²) in [6.07, 6.45) is 2.85. The molecule has 4 heterocycles. The highest BCUT2D eigenvalue weighted by molar-refractivity contribution is 7.22. The smallest absolute Gasteiger partial charge is 0.270 e. The first-order valence-corrected chi connectivity index (χ1v) is 10.2. The van der Waals surface area contributed by atoms with Gasteiger partial charge in [0, 0.05) is 25.6 Å². The molecule has 1 aromatic carbocycles. The summed E-state index contributed by atoms with van der Waals surface area (Å²) in [6.45, 7) is 2.14. The molecule has 0 aliphatic carbocycles. The van der Waals surface area contributed by atoms with Gasteiger partial charge >= 0.3 is 0 Å². The summed E-state index contributed by atoms with van der Waals surface area (Å²) in [5.41, 5.74) is 1.28. The van der Waals surface area contributed by atoms with Gasteiger partial charge in [-0.25, -0.2) is 4.98 Å². The van der Waals surface area contributed by atoms with Crippen LogP contribution in [-0.4, -0.2) is 40.7 Å². The lowest BCUT2D eigenvalue weighted by Crippen LogP contribution is -2.40. The highest BCUT2D eigenvalue weighted by Gasteiger charge is 2.27. The van der Waals surface area contributed by atoms with Gasteiger partial charge < -0.3 is 24.7 Å². The van der Waals surface area contributed by atoms with E-state index in [1.54, 1.807) is 0 Å². The minimum Gasteiger partial charge on any atom is -0.454 e. The molecule has 0 unspecified atom stereocenters. The number of nitrogens with one attached hydrogen (secondary N) is 2. The van der Waals surface area contributed by atoms with Crippen LogP contribution in [0.2, 0.25) is 0 Å². The molecule has 9 nitrogen and oxygen atoms in total. The van der Waals surface area contributed by atoms with E-state index in [1.807, 2.05) is 18.2 Å². The van der Waals surface area contributed by atoms with Crippen LogP contribution < -0.4 is 25.2 Å². The summed E-state index contributed by atoms with van der Waals surface area (Å²) < 4.78 is 11.2. The van der Waals surface area contributed by atoms with Crippen molar-refractivity contribution in [1.29, 1.82) is 0 Å². The molecular weight excluding hydrogens is 394 g/mol. The lowest BCUT2D eigenvalue weighted by molar-refractivity contribution is -0.125. The van der Waals surface area contributed by atoms with Crippen molar-refractivity contribution in [2.45, 2.75) is 19.4 Å². The van der Waals surface area contributed by atoms with Gasteiger partial charge in [-0.1, -0.05) is 17.4 Å². The number of aromatic amines is 1. The molecule has 1 amide bonds. The Labute approximate surface area is 169 Å². The Morgan fingerprint density at radius 2 is 2.10 bits per heavy atom. The average Bonchev–Trinajstić information content (AvgIpc) is 3.39. The lowest BCUT2D eigenvalue weighted by Gasteiger charge is -2.30. The predicted molar refractivity (Wildman–Crippen MR) is 107 cm³/mol. The summed E-state index contributed by atoms with van der Waals surface area (Å²) in [7, 11) is 0. The molecule has 0 radical (unpaired) electrons. The normalized spacial score (nSPS) is 16.3. The van der Waals surface area contributed by atoms with Gasteiger partial charge in [-0.3, -0.25) is 9.59 Å². The third-order valence-electron chi connectivity index (χ3n) is 5.23. The van der Waals surface area contributed by atoms with Crippen molar-refractivity contribution in [2.24, 2.45) is 5.92 Å². The van der Waals surface area contributed by atoms with E-state index in [1.165, 1.54) is 17.7 Å². The first-order chi connectivity index (χ1) is 14.2. The highest BCUT2D eigenvalue weighted by atomic mass is 32.1. The number of hydrogen-bond donors (Lipinski definition) is 2. The van der Waals surface area contributed by atoms with Crippen LogP contribution in [0.25, 0.3) is 10.3 Å². The third kappa shape index (κ3) is 3.51. The van der Waals surface area contributed by atoms with Gasteiger partial charge in [0.1, 0.15) is 4.70 Å². The number of benzene rings is 1. The van der Waals surface area contributed by atoms with Crippen LogP contribution in [0.4, 0.5) is 5.13 Å². The second-order valence-corrected chi connectivity index (χ2v) is 8.03. The van der Waals surface area contributed by atoms with Gasteiger partial charge in [0.15, 0.2) is 22.3 Å². The quantitative estimate of drug-likeness (QED) is 0.669. The molecule has 0 bridgehead atoms. The lowest BCUT2D eigenvalue weighted by atomic mass is 9.96. The van der Waals surface area contributed by atoms with Crippen molar-refractivity contribution in [2.75, 3.05) is 24.8 Å². The number of fused-ring (bicyclic) bond motifs is 2. The number of rotatable bonds is 4. The number of carbonyl (C=O) groups excluding carboxylic acids is 1. The van der Waals surface area contributed by atoms with Crippen LogP contribution in [0.5, 0.6) is 11.5 Å². The summed E-state index contributed by atoms with van der Waals surface area (Å²) in [5.74, 6) is 1.48. The SMILES string of the molecule is O=C(NCc1ccc2c(c1)OCO2)C1CCN(c2nc3nc[nH]c(=O)c3s2)CC1. The number of piperidine rings is 1. The Morgan fingerprint density at radius 1 is 1.28 bits per heavy atom. The molecule has 1 fully saturated rings. The van der Waals surface area contributed by atoms with Gasteiger partial charge in [-0.05, 0) is 30.5 Å². The van der Waals surface area contributed by atoms with Crippen LogP contribution in [0.3, 0.4) is 0 Å². The fraction of sp³-hybridized carbons (Fsp3) is 0.368. The number of H-pyrrole nitrogens is 1. The summed E-state index contributed by atoms with van der Waals surface area (Å²) >= 11 is 1.34. The second-order valence-electron chi connectivity index (χ2n) is 7.05. The van der Waals surface area contributed by atoms with Crippen molar-refractivity contribution in [1.82, 2.24) is 20.3 Å². The van der Waals surface area contributed by atoms with Gasteiger partial charge in [-0.2, -0.15) is 4.98 Å². The van der Waals surface area contributed by atoms with Gasteiger partial charge in [0.05, 0.1) is 6.33 Å². The number of ether oxygens (including phenoxy) is 2. The molecule has 5 rings (SSSR count). The van der Waals surface area contributed by atoms with Crippen LogP contribution >= 0.6 is 11.3 Å². The van der Waals surface area contributed by atoms with Crippen molar-refractivity contribution < 1.29 is 14.3 Å². The molecule has 10 heteroatoms. The molecule has 0 saturated carbocycles. The molecule has 150 valence electrons. The van der Waals surface area contributed by atoms with Crippen molar-refractivity contribution in [3.05, 3.63) is 40.4 Å². The molecule has 2 aliphatic heterocycles. The fourth-order valence-electron chi connectivity index (χ4n) is 3.61. The van der Waals surface area contributed by atoms with E-state index in [0.717, 1.165) is 42.4 Å². The Balaban J connectivity index is 1.17. The number of thiazole rings is 1. The van der Waals surface area contributed by atoms with Gasteiger partial charge in [-0.15, -0.1) is 0 Å². The Hall–Kier alpha value is -3.14. The standard InChI is InChI=1S/C19H19N5O4S/c25-17(20-8-11-1-2-13-14(7-11)28-10-27-13)12-3-5-24(6-4-12)19-23-16-15(29-19)18(26)22-9-21-16/h1-2,7,9,12H,3-6,8,10H2,(H,20,25)(H,21,22,26). The zero-order chi connectivity index (χ0) is 19.8.